The zero-order valence-corrected chi connectivity index (χ0v) is 30.1. The van der Waals surface area contributed by atoms with Crippen LogP contribution in [0.15, 0.2) is 35.9 Å². The van der Waals surface area contributed by atoms with Gasteiger partial charge >= 0.3 is 0 Å². The Bertz CT molecular complexity index is 1260. The normalized spacial score (nSPS) is 20.9. The Morgan fingerprint density at radius 2 is 1.59 bits per heavy atom. The second-order valence-electron chi connectivity index (χ2n) is 14.7. The number of hydrogen-bond acceptors (Lipinski definition) is 5. The molecule has 256 valence electrons. The zero-order chi connectivity index (χ0) is 34.3. The van der Waals surface area contributed by atoms with E-state index in [0.29, 0.717) is 30.1 Å². The van der Waals surface area contributed by atoms with Crippen molar-refractivity contribution < 1.29 is 19.2 Å². The van der Waals surface area contributed by atoms with E-state index in [0.717, 1.165) is 37.8 Å². The van der Waals surface area contributed by atoms with Gasteiger partial charge in [-0.25, -0.2) is 0 Å². The molecule has 0 aliphatic carbocycles. The van der Waals surface area contributed by atoms with E-state index in [-0.39, 0.29) is 47.7 Å². The first-order valence-electron chi connectivity index (χ1n) is 16.9. The van der Waals surface area contributed by atoms with Crippen LogP contribution in [0.1, 0.15) is 93.1 Å². The fourth-order valence-corrected chi connectivity index (χ4v) is 6.71. The fourth-order valence-electron chi connectivity index (χ4n) is 6.59. The largest absolute Gasteiger partial charge is 0.350 e. The summed E-state index contributed by atoms with van der Waals surface area (Å²) < 4.78 is 0. The third-order valence-corrected chi connectivity index (χ3v) is 9.59. The van der Waals surface area contributed by atoms with Crippen LogP contribution in [0.25, 0.3) is 0 Å². The Hall–Kier alpha value is -2.91. The fraction of sp³-hybridized carbons (Fsp3) is 0.667. The summed E-state index contributed by atoms with van der Waals surface area (Å²) in [7, 11) is 1.75. The van der Waals surface area contributed by atoms with Crippen molar-refractivity contribution in [2.45, 2.75) is 124 Å². The number of hydrogen-bond donors (Lipinski definition) is 2. The molecule has 10 heteroatoms. The molecule has 0 spiro atoms. The van der Waals surface area contributed by atoms with Crippen molar-refractivity contribution in [2.24, 2.45) is 11.3 Å². The van der Waals surface area contributed by atoms with Gasteiger partial charge in [-0.15, -0.1) is 0 Å². The number of benzene rings is 1. The van der Waals surface area contributed by atoms with Gasteiger partial charge in [-0.05, 0) is 82.0 Å². The highest BCUT2D eigenvalue weighted by atomic mass is 35.5. The molecule has 9 nitrogen and oxygen atoms in total. The standard InChI is InChI=1S/C36H56ClN5O4/c1-23(2)30(40(9)35(46)31(36(6,7)8)39-33(44)29-13-10-11-19-41(29)24(3)4)21-25(5)34(45)42-20-12-14-28(42)32(43)38-22-26-15-17-27(37)18-16-26/h15-18,21,23-24,28-31H,10-14,19-20,22H2,1-9H3,(H,38,43)(H,39,44)/b25-21+. The summed E-state index contributed by atoms with van der Waals surface area (Å²) in [6.07, 6.45) is 6.02. The molecule has 0 aromatic heterocycles. The van der Waals surface area contributed by atoms with Crippen LogP contribution in [0, 0.1) is 11.3 Å². The average molecular weight is 658 g/mol. The first-order valence-corrected chi connectivity index (χ1v) is 17.2. The highest BCUT2D eigenvalue weighted by Gasteiger charge is 2.40. The van der Waals surface area contributed by atoms with Crippen LogP contribution in [0.2, 0.25) is 5.02 Å². The molecule has 1 aromatic carbocycles. The third-order valence-electron chi connectivity index (χ3n) is 9.34. The molecule has 1 aromatic rings. The zero-order valence-electron chi connectivity index (χ0n) is 29.4. The molecule has 2 saturated heterocycles. The Balaban J connectivity index is 1.74. The second kappa shape index (κ2) is 16.3. The van der Waals surface area contributed by atoms with Gasteiger partial charge in [0, 0.05) is 36.8 Å². The van der Waals surface area contributed by atoms with Crippen LogP contribution < -0.4 is 10.6 Å². The molecule has 4 atom stereocenters. The lowest BCUT2D eigenvalue weighted by atomic mass is 9.84. The summed E-state index contributed by atoms with van der Waals surface area (Å²) in [5.74, 6) is -0.683. The molecule has 2 aliphatic rings. The van der Waals surface area contributed by atoms with Gasteiger partial charge in [-0.1, -0.05) is 70.8 Å². The van der Waals surface area contributed by atoms with Crippen LogP contribution in [-0.2, 0) is 25.7 Å². The molecule has 46 heavy (non-hydrogen) atoms. The predicted molar refractivity (Wildman–Crippen MR) is 184 cm³/mol. The van der Waals surface area contributed by atoms with E-state index in [1.54, 1.807) is 35.9 Å². The van der Waals surface area contributed by atoms with Gasteiger partial charge < -0.3 is 20.4 Å². The van der Waals surface area contributed by atoms with Crippen LogP contribution in [0.4, 0.5) is 0 Å². The number of carbonyl (C=O) groups is 4. The smallest absolute Gasteiger partial charge is 0.249 e. The van der Waals surface area contributed by atoms with Crippen molar-refractivity contribution >= 4 is 35.2 Å². The molecule has 4 unspecified atom stereocenters. The van der Waals surface area contributed by atoms with Gasteiger partial charge in [-0.3, -0.25) is 24.1 Å². The number of carbonyl (C=O) groups excluding carboxylic acids is 4. The Kier molecular flexibility index (Phi) is 13.3. The number of halogens is 1. The predicted octanol–water partition coefficient (Wildman–Crippen LogP) is 5.17. The van der Waals surface area contributed by atoms with Crippen molar-refractivity contribution in [2.75, 3.05) is 20.1 Å². The number of piperidine rings is 1. The molecule has 0 radical (unpaired) electrons. The van der Waals surface area contributed by atoms with E-state index in [2.05, 4.69) is 29.4 Å². The van der Waals surface area contributed by atoms with Crippen molar-refractivity contribution in [3.05, 3.63) is 46.5 Å². The Morgan fingerprint density at radius 3 is 2.17 bits per heavy atom. The maximum absolute atomic E-state index is 14.1. The summed E-state index contributed by atoms with van der Waals surface area (Å²) in [6.45, 7) is 17.6. The summed E-state index contributed by atoms with van der Waals surface area (Å²) in [5.41, 5.74) is 0.885. The highest BCUT2D eigenvalue weighted by molar-refractivity contribution is 6.30. The molecule has 0 bridgehead atoms. The van der Waals surface area contributed by atoms with E-state index < -0.39 is 17.5 Å². The second-order valence-corrected chi connectivity index (χ2v) is 15.1. The molecular weight excluding hydrogens is 602 g/mol. The minimum absolute atomic E-state index is 0.000142. The minimum Gasteiger partial charge on any atom is -0.350 e. The first-order chi connectivity index (χ1) is 21.5. The summed E-state index contributed by atoms with van der Waals surface area (Å²) >= 11 is 5.98. The van der Waals surface area contributed by atoms with E-state index >= 15 is 0 Å². The molecule has 2 N–H and O–H groups in total. The van der Waals surface area contributed by atoms with Gasteiger partial charge in [0.1, 0.15) is 12.1 Å². The summed E-state index contributed by atoms with van der Waals surface area (Å²) in [5, 5.41) is 6.73. The van der Waals surface area contributed by atoms with Crippen LogP contribution in [-0.4, -0.2) is 88.7 Å². The van der Waals surface area contributed by atoms with Crippen LogP contribution in [0.3, 0.4) is 0 Å². The van der Waals surface area contributed by atoms with Crippen LogP contribution >= 0.6 is 11.6 Å². The Labute approximate surface area is 281 Å². The number of likely N-dealkylation sites (N-methyl/N-ethyl adjacent to an activating group) is 1. The van der Waals surface area contributed by atoms with E-state index in [1.807, 2.05) is 52.8 Å². The van der Waals surface area contributed by atoms with Gasteiger partial charge in [0.15, 0.2) is 0 Å². The summed E-state index contributed by atoms with van der Waals surface area (Å²) in [6, 6.07) is 5.60. The third kappa shape index (κ3) is 9.57. The number of amides is 4. The van der Waals surface area contributed by atoms with Crippen molar-refractivity contribution in [3.8, 4) is 0 Å². The lowest BCUT2D eigenvalue weighted by Gasteiger charge is -2.41. The number of nitrogens with zero attached hydrogens (tertiary/aromatic N) is 3. The molecule has 4 amide bonds. The van der Waals surface area contributed by atoms with Crippen molar-refractivity contribution in [1.29, 1.82) is 0 Å². The van der Waals surface area contributed by atoms with Gasteiger partial charge in [0.05, 0.1) is 12.1 Å². The lowest BCUT2D eigenvalue weighted by molar-refractivity contribution is -0.142. The van der Waals surface area contributed by atoms with Gasteiger partial charge in [-0.2, -0.15) is 0 Å². The molecule has 2 aliphatic heterocycles. The van der Waals surface area contributed by atoms with E-state index in [9.17, 15) is 19.2 Å². The maximum Gasteiger partial charge on any atom is 0.249 e. The van der Waals surface area contributed by atoms with Gasteiger partial charge in [0.25, 0.3) is 0 Å². The molecule has 3 rings (SSSR count). The quantitative estimate of drug-likeness (QED) is 0.320. The average Bonchev–Trinajstić information content (AvgIpc) is 3.50. The molecule has 2 heterocycles. The number of rotatable bonds is 11. The number of nitrogens with one attached hydrogen (secondary N) is 2. The topological polar surface area (TPSA) is 102 Å². The molecular formula is C36H56ClN5O4. The van der Waals surface area contributed by atoms with E-state index in [4.69, 9.17) is 11.6 Å². The van der Waals surface area contributed by atoms with E-state index in [1.165, 1.54) is 0 Å². The Morgan fingerprint density at radius 1 is 0.957 bits per heavy atom. The molecule has 2 fully saturated rings. The monoisotopic (exact) mass is 657 g/mol. The number of likely N-dealkylation sites (tertiary alicyclic amines) is 2. The first kappa shape index (κ1) is 37.5. The van der Waals surface area contributed by atoms with Gasteiger partial charge in [0.2, 0.25) is 23.6 Å². The van der Waals surface area contributed by atoms with Crippen molar-refractivity contribution in [3.63, 3.8) is 0 Å². The van der Waals surface area contributed by atoms with Crippen molar-refractivity contribution in [1.82, 2.24) is 25.3 Å². The highest BCUT2D eigenvalue weighted by Crippen LogP contribution is 2.27. The minimum atomic E-state index is -0.737. The molecule has 0 saturated carbocycles. The maximum atomic E-state index is 14.1. The lowest BCUT2D eigenvalue weighted by Crippen LogP contribution is -2.60. The SMILES string of the molecule is C/C(=C\C(C(C)C)N(C)C(=O)C(NC(=O)C1CCCCN1C(C)C)C(C)(C)C)C(=O)N1CCCC1C(=O)NCc1ccc(Cl)cc1. The van der Waals surface area contributed by atoms with Crippen LogP contribution in [0.5, 0.6) is 0 Å². The summed E-state index contributed by atoms with van der Waals surface area (Å²) in [4.78, 5) is 60.2.